The highest BCUT2D eigenvalue weighted by atomic mass is 32.2. The second-order valence-corrected chi connectivity index (χ2v) is 13.7. The van der Waals surface area contributed by atoms with Crippen molar-refractivity contribution in [2.24, 2.45) is 17.8 Å². The number of hydrogen-bond donors (Lipinski definition) is 1. The van der Waals surface area contributed by atoms with E-state index in [1.165, 1.54) is 17.6 Å². The largest absolute Gasteiger partial charge is 0.299 e. The molecular weight excluding hydrogens is 418 g/mol. The molecule has 28 heavy (non-hydrogen) atoms. The van der Waals surface area contributed by atoms with Crippen LogP contribution >= 0.6 is 11.3 Å². The molecule has 6 nitrogen and oxygen atoms in total. The van der Waals surface area contributed by atoms with E-state index < -0.39 is 19.9 Å². The zero-order valence-electron chi connectivity index (χ0n) is 16.7. The highest BCUT2D eigenvalue weighted by Crippen LogP contribution is 2.41. The quantitative estimate of drug-likeness (QED) is 0.627. The summed E-state index contributed by atoms with van der Waals surface area (Å²) in [7, 11) is -6.87. The molecule has 1 aromatic rings. The van der Waals surface area contributed by atoms with Crippen molar-refractivity contribution in [1.29, 1.82) is 0 Å². The van der Waals surface area contributed by atoms with E-state index in [0.717, 1.165) is 29.7 Å². The Morgan fingerprint density at radius 3 is 2.43 bits per heavy atom. The molecular formula is C19H29NO5S3. The Bertz CT molecular complexity index is 956. The second kappa shape index (κ2) is 8.16. The molecule has 1 heterocycles. The molecule has 9 heteroatoms. The molecule has 0 saturated heterocycles. The SMILES string of the molecule is CC(C)CNS(=O)(=O)c1c(CC(=O)C2CC2)sc2c1CC(CS(C)(=O)=O)CC2. The Morgan fingerprint density at radius 1 is 1.18 bits per heavy atom. The zero-order chi connectivity index (χ0) is 20.7. The van der Waals surface area contributed by atoms with Crippen LogP contribution in [-0.4, -0.2) is 41.2 Å². The average molecular weight is 448 g/mol. The van der Waals surface area contributed by atoms with Crippen LogP contribution in [0.25, 0.3) is 0 Å². The molecule has 0 radical (unpaired) electrons. The Hall–Kier alpha value is -0.770. The van der Waals surface area contributed by atoms with Gasteiger partial charge in [-0.2, -0.15) is 0 Å². The van der Waals surface area contributed by atoms with Crippen LogP contribution in [0.15, 0.2) is 4.90 Å². The molecule has 0 bridgehead atoms. The zero-order valence-corrected chi connectivity index (χ0v) is 19.1. The van der Waals surface area contributed by atoms with E-state index in [2.05, 4.69) is 4.72 Å². The van der Waals surface area contributed by atoms with Gasteiger partial charge in [0.15, 0.2) is 0 Å². The summed E-state index contributed by atoms with van der Waals surface area (Å²) in [5, 5.41) is 0. The molecule has 0 spiro atoms. The Balaban J connectivity index is 1.96. The fourth-order valence-electron chi connectivity index (χ4n) is 3.74. The van der Waals surface area contributed by atoms with Crippen molar-refractivity contribution in [3.63, 3.8) is 0 Å². The minimum Gasteiger partial charge on any atom is -0.299 e. The van der Waals surface area contributed by atoms with Gasteiger partial charge >= 0.3 is 0 Å². The normalized spacial score (nSPS) is 20.4. The summed E-state index contributed by atoms with van der Waals surface area (Å²) >= 11 is 1.43. The predicted octanol–water partition coefficient (Wildman–Crippen LogP) is 2.35. The van der Waals surface area contributed by atoms with Crippen molar-refractivity contribution < 1.29 is 21.6 Å². The van der Waals surface area contributed by atoms with Crippen LogP contribution in [0.3, 0.4) is 0 Å². The molecule has 1 N–H and O–H groups in total. The molecule has 1 saturated carbocycles. The highest BCUT2D eigenvalue weighted by molar-refractivity contribution is 7.90. The Kier molecular flexibility index (Phi) is 6.39. The number of carbonyl (C=O) groups excluding carboxylic acids is 1. The number of aryl methyl sites for hydroxylation is 1. The summed E-state index contributed by atoms with van der Waals surface area (Å²) in [5.41, 5.74) is 0.736. The third kappa shape index (κ3) is 5.43. The lowest BCUT2D eigenvalue weighted by molar-refractivity contribution is -0.119. The maximum atomic E-state index is 13.1. The van der Waals surface area contributed by atoms with Crippen molar-refractivity contribution >= 4 is 37.0 Å². The first-order chi connectivity index (χ1) is 13.0. The van der Waals surface area contributed by atoms with Crippen LogP contribution in [0.5, 0.6) is 0 Å². The molecule has 0 aliphatic heterocycles. The lowest BCUT2D eigenvalue weighted by atomic mass is 9.89. The third-order valence-corrected chi connectivity index (χ3v) is 9.31. The first-order valence-electron chi connectivity index (χ1n) is 9.79. The smallest absolute Gasteiger partial charge is 0.241 e. The summed E-state index contributed by atoms with van der Waals surface area (Å²) in [4.78, 5) is 14.3. The van der Waals surface area contributed by atoms with Gasteiger partial charge in [-0.3, -0.25) is 4.79 Å². The van der Waals surface area contributed by atoms with Gasteiger partial charge in [-0.25, -0.2) is 21.6 Å². The van der Waals surface area contributed by atoms with Crippen LogP contribution < -0.4 is 4.72 Å². The van der Waals surface area contributed by atoms with Crippen LogP contribution in [0.2, 0.25) is 0 Å². The Labute approximate surface area is 172 Å². The highest BCUT2D eigenvalue weighted by Gasteiger charge is 2.36. The summed E-state index contributed by atoms with van der Waals surface area (Å²) in [6.45, 7) is 4.20. The number of sulfonamides is 1. The number of Topliss-reactive ketones (excluding diaryl/α,β-unsaturated/α-hetero) is 1. The van der Waals surface area contributed by atoms with E-state index >= 15 is 0 Å². The lowest BCUT2D eigenvalue weighted by Crippen LogP contribution is -2.30. The van der Waals surface area contributed by atoms with Crippen molar-refractivity contribution in [2.45, 2.75) is 57.3 Å². The van der Waals surface area contributed by atoms with Gasteiger partial charge in [0, 0.05) is 34.9 Å². The minimum absolute atomic E-state index is 0.0670. The van der Waals surface area contributed by atoms with Crippen LogP contribution in [0, 0.1) is 17.8 Å². The number of rotatable bonds is 9. The first-order valence-corrected chi connectivity index (χ1v) is 14.2. The number of sulfone groups is 1. The van der Waals surface area contributed by atoms with Gasteiger partial charge < -0.3 is 0 Å². The van der Waals surface area contributed by atoms with Crippen LogP contribution in [-0.2, 0) is 43.9 Å². The fourth-order valence-corrected chi connectivity index (χ4v) is 8.26. The molecule has 1 fully saturated rings. The molecule has 3 rings (SSSR count). The molecule has 1 aromatic heterocycles. The van der Waals surface area contributed by atoms with Gasteiger partial charge in [0.05, 0.1) is 10.6 Å². The van der Waals surface area contributed by atoms with Gasteiger partial charge in [-0.1, -0.05) is 13.8 Å². The van der Waals surface area contributed by atoms with E-state index in [9.17, 15) is 21.6 Å². The molecule has 1 atom stereocenters. The van der Waals surface area contributed by atoms with Gasteiger partial charge in [0.2, 0.25) is 10.0 Å². The van der Waals surface area contributed by atoms with E-state index in [0.29, 0.717) is 24.3 Å². The third-order valence-electron chi connectivity index (χ3n) is 5.24. The van der Waals surface area contributed by atoms with E-state index in [1.807, 2.05) is 13.8 Å². The summed E-state index contributed by atoms with van der Waals surface area (Å²) in [6, 6.07) is 0. The molecule has 2 aliphatic carbocycles. The van der Waals surface area contributed by atoms with Crippen molar-refractivity contribution in [2.75, 3.05) is 18.6 Å². The molecule has 0 aromatic carbocycles. The molecule has 1 unspecified atom stereocenters. The number of nitrogens with one attached hydrogen (secondary N) is 1. The number of ketones is 1. The van der Waals surface area contributed by atoms with Crippen molar-refractivity contribution in [1.82, 2.24) is 4.72 Å². The van der Waals surface area contributed by atoms with Crippen LogP contribution in [0.1, 0.15) is 48.4 Å². The number of fused-ring (bicyclic) bond motifs is 1. The second-order valence-electron chi connectivity index (χ2n) is 8.62. The minimum atomic E-state index is -3.74. The lowest BCUT2D eigenvalue weighted by Gasteiger charge is -2.22. The van der Waals surface area contributed by atoms with Gasteiger partial charge in [0.1, 0.15) is 15.6 Å². The van der Waals surface area contributed by atoms with Crippen molar-refractivity contribution in [3.05, 3.63) is 15.3 Å². The maximum absolute atomic E-state index is 13.1. The van der Waals surface area contributed by atoms with Crippen LogP contribution in [0.4, 0.5) is 0 Å². The topological polar surface area (TPSA) is 97.4 Å². The fraction of sp³-hybridized carbons (Fsp3) is 0.737. The summed E-state index contributed by atoms with van der Waals surface area (Å²) < 4.78 is 52.4. The molecule has 2 aliphatic rings. The number of thiophene rings is 1. The van der Waals surface area contributed by atoms with Crippen molar-refractivity contribution in [3.8, 4) is 0 Å². The molecule has 158 valence electrons. The van der Waals surface area contributed by atoms with E-state index in [1.54, 1.807) is 0 Å². The number of hydrogen-bond acceptors (Lipinski definition) is 6. The predicted molar refractivity (Wildman–Crippen MR) is 111 cm³/mol. The van der Waals surface area contributed by atoms with Gasteiger partial charge in [0.25, 0.3) is 0 Å². The number of carbonyl (C=O) groups is 1. The molecule has 0 amide bonds. The van der Waals surface area contributed by atoms with Gasteiger partial charge in [-0.15, -0.1) is 11.3 Å². The standard InChI is InChI=1S/C19H29NO5S3/c1-12(2)10-20-28(24,25)19-15-8-13(11-27(3,22)23)4-7-17(15)26-18(19)9-16(21)14-5-6-14/h12-14,20H,4-11H2,1-3H3. The van der Waals surface area contributed by atoms with E-state index in [-0.39, 0.29) is 40.6 Å². The summed E-state index contributed by atoms with van der Waals surface area (Å²) in [6.07, 6.45) is 5.02. The van der Waals surface area contributed by atoms with Gasteiger partial charge in [-0.05, 0) is 49.5 Å². The van der Waals surface area contributed by atoms with E-state index in [4.69, 9.17) is 0 Å². The first kappa shape index (κ1) is 21.9. The Morgan fingerprint density at radius 2 is 1.86 bits per heavy atom. The average Bonchev–Trinajstić information content (AvgIpc) is 3.33. The summed E-state index contributed by atoms with van der Waals surface area (Å²) in [5.74, 6) is 0.349. The maximum Gasteiger partial charge on any atom is 0.241 e. The monoisotopic (exact) mass is 447 g/mol.